The maximum Gasteiger partial charge on any atom is 0.200 e. The highest BCUT2D eigenvalue weighted by atomic mass is 127. The number of aryl methyl sites for hydroxylation is 1. The van der Waals surface area contributed by atoms with E-state index in [2.05, 4.69) is 54.8 Å². The summed E-state index contributed by atoms with van der Waals surface area (Å²) in [6.45, 7) is 5.35. The van der Waals surface area contributed by atoms with Crippen LogP contribution < -0.4 is 5.32 Å². The van der Waals surface area contributed by atoms with E-state index in [0.29, 0.717) is 18.3 Å². The molecule has 0 radical (unpaired) electrons. The van der Waals surface area contributed by atoms with Gasteiger partial charge in [-0.3, -0.25) is 0 Å². The number of anilines is 1. The highest BCUT2D eigenvalue weighted by Gasteiger charge is 2.14. The van der Waals surface area contributed by atoms with Gasteiger partial charge < -0.3 is 10.1 Å². The van der Waals surface area contributed by atoms with Crippen LogP contribution in [0.25, 0.3) is 11.6 Å². The number of halogens is 1. The summed E-state index contributed by atoms with van der Waals surface area (Å²) >= 11 is 2.24. The van der Waals surface area contributed by atoms with Crippen molar-refractivity contribution in [1.82, 2.24) is 19.9 Å². The van der Waals surface area contributed by atoms with E-state index >= 15 is 0 Å². The first-order valence-corrected chi connectivity index (χ1v) is 7.81. The third-order valence-corrected chi connectivity index (χ3v) is 3.86. The molecule has 7 heteroatoms. The second-order valence-corrected chi connectivity index (χ2v) is 5.68. The van der Waals surface area contributed by atoms with Crippen LogP contribution in [0.5, 0.6) is 0 Å². The van der Waals surface area contributed by atoms with Crippen LogP contribution in [-0.4, -0.2) is 33.6 Å². The van der Waals surface area contributed by atoms with Crippen molar-refractivity contribution in [2.75, 3.05) is 19.0 Å². The van der Waals surface area contributed by atoms with Crippen molar-refractivity contribution in [2.24, 2.45) is 0 Å². The Hall–Kier alpha value is -1.35. The van der Waals surface area contributed by atoms with Crippen molar-refractivity contribution in [3.05, 3.63) is 27.2 Å². The Labute approximate surface area is 137 Å². The second-order valence-electron chi connectivity index (χ2n) is 4.60. The quantitative estimate of drug-likeness (QED) is 0.754. The van der Waals surface area contributed by atoms with Gasteiger partial charge in [-0.1, -0.05) is 6.92 Å². The summed E-state index contributed by atoms with van der Waals surface area (Å²) in [5, 5.41) is 3.31. The first-order valence-electron chi connectivity index (χ1n) is 6.74. The Bertz CT molecular complexity index is 603. The van der Waals surface area contributed by atoms with Gasteiger partial charge in [0.1, 0.15) is 5.82 Å². The molecular formula is C14H18IN5O. The number of aromatic nitrogens is 4. The molecule has 0 aliphatic carbocycles. The van der Waals surface area contributed by atoms with Crippen molar-refractivity contribution in [1.29, 1.82) is 0 Å². The standard InChI is InChI=1S/C14H18IN5O/c1-4-5-16-12-11(15)10(8-21-3)19-14(20-12)13-17-6-9(2)7-18-13/h6-7H,4-5,8H2,1-3H3,(H,16,19,20). The molecule has 2 aromatic rings. The summed E-state index contributed by atoms with van der Waals surface area (Å²) in [6, 6.07) is 0. The van der Waals surface area contributed by atoms with Crippen LogP contribution in [0, 0.1) is 10.5 Å². The van der Waals surface area contributed by atoms with E-state index in [4.69, 9.17) is 4.74 Å². The lowest BCUT2D eigenvalue weighted by molar-refractivity contribution is 0.181. The summed E-state index contributed by atoms with van der Waals surface area (Å²) in [7, 11) is 1.65. The van der Waals surface area contributed by atoms with Crippen LogP contribution in [-0.2, 0) is 11.3 Å². The average Bonchev–Trinajstić information content (AvgIpc) is 2.49. The molecule has 6 nitrogen and oxygen atoms in total. The Morgan fingerprint density at radius 3 is 2.52 bits per heavy atom. The molecule has 2 aromatic heterocycles. The molecule has 1 N–H and O–H groups in total. The van der Waals surface area contributed by atoms with Gasteiger partial charge in [-0.05, 0) is 41.5 Å². The number of rotatable bonds is 6. The Kier molecular flexibility index (Phi) is 5.80. The SMILES string of the molecule is CCCNc1nc(-c2ncc(C)cn2)nc(COC)c1I. The van der Waals surface area contributed by atoms with Gasteiger partial charge in [-0.15, -0.1) is 0 Å². The van der Waals surface area contributed by atoms with Crippen LogP contribution in [0.4, 0.5) is 5.82 Å². The number of nitrogens with zero attached hydrogens (tertiary/aromatic N) is 4. The molecule has 2 rings (SSSR count). The summed E-state index contributed by atoms with van der Waals surface area (Å²) < 4.78 is 6.19. The van der Waals surface area contributed by atoms with Gasteiger partial charge >= 0.3 is 0 Å². The Balaban J connectivity index is 2.44. The number of hydrogen-bond acceptors (Lipinski definition) is 6. The van der Waals surface area contributed by atoms with E-state index in [1.807, 2.05) is 6.92 Å². The molecule has 0 spiro atoms. The maximum atomic E-state index is 5.21. The molecule has 0 aliphatic heterocycles. The largest absolute Gasteiger partial charge is 0.378 e. The highest BCUT2D eigenvalue weighted by Crippen LogP contribution is 2.23. The minimum Gasteiger partial charge on any atom is -0.378 e. The molecule has 0 bridgehead atoms. The first kappa shape index (κ1) is 16.0. The summed E-state index contributed by atoms with van der Waals surface area (Å²) in [5.41, 5.74) is 1.84. The molecule has 0 fully saturated rings. The van der Waals surface area contributed by atoms with E-state index in [1.54, 1.807) is 19.5 Å². The smallest absolute Gasteiger partial charge is 0.200 e. The zero-order chi connectivity index (χ0) is 15.2. The molecule has 0 atom stereocenters. The lowest BCUT2D eigenvalue weighted by atomic mass is 10.3. The Morgan fingerprint density at radius 2 is 1.90 bits per heavy atom. The molecule has 0 amide bonds. The van der Waals surface area contributed by atoms with Crippen molar-refractivity contribution >= 4 is 28.4 Å². The third-order valence-electron chi connectivity index (χ3n) is 2.72. The monoisotopic (exact) mass is 399 g/mol. The molecule has 0 saturated heterocycles. The van der Waals surface area contributed by atoms with E-state index in [-0.39, 0.29) is 0 Å². The molecule has 0 aliphatic rings. The molecular weight excluding hydrogens is 381 g/mol. The summed E-state index contributed by atoms with van der Waals surface area (Å²) in [4.78, 5) is 17.7. The fraction of sp³-hybridized carbons (Fsp3) is 0.429. The van der Waals surface area contributed by atoms with Gasteiger partial charge in [-0.2, -0.15) is 0 Å². The van der Waals surface area contributed by atoms with Gasteiger partial charge in [0.25, 0.3) is 0 Å². The van der Waals surface area contributed by atoms with Gasteiger partial charge in [0, 0.05) is 26.0 Å². The highest BCUT2D eigenvalue weighted by molar-refractivity contribution is 14.1. The predicted molar refractivity (Wildman–Crippen MR) is 90.0 cm³/mol. The van der Waals surface area contributed by atoms with Crippen LogP contribution >= 0.6 is 22.6 Å². The summed E-state index contributed by atoms with van der Waals surface area (Å²) in [5.74, 6) is 1.84. The van der Waals surface area contributed by atoms with Gasteiger partial charge in [0.05, 0.1) is 15.9 Å². The summed E-state index contributed by atoms with van der Waals surface area (Å²) in [6.07, 6.45) is 4.55. The van der Waals surface area contributed by atoms with Crippen LogP contribution in [0.15, 0.2) is 12.4 Å². The van der Waals surface area contributed by atoms with Crippen molar-refractivity contribution in [2.45, 2.75) is 26.9 Å². The van der Waals surface area contributed by atoms with Crippen LogP contribution in [0.3, 0.4) is 0 Å². The normalized spacial score (nSPS) is 10.7. The number of ether oxygens (including phenoxy) is 1. The fourth-order valence-corrected chi connectivity index (χ4v) is 2.28. The topological polar surface area (TPSA) is 72.8 Å². The number of nitrogens with one attached hydrogen (secondary N) is 1. The van der Waals surface area contributed by atoms with Gasteiger partial charge in [0.15, 0.2) is 11.6 Å². The van der Waals surface area contributed by atoms with E-state index in [0.717, 1.165) is 33.6 Å². The Morgan fingerprint density at radius 1 is 1.19 bits per heavy atom. The van der Waals surface area contributed by atoms with Gasteiger partial charge in [0.2, 0.25) is 0 Å². The van der Waals surface area contributed by atoms with Crippen molar-refractivity contribution < 1.29 is 4.74 Å². The lowest BCUT2D eigenvalue weighted by Gasteiger charge is -2.11. The minimum absolute atomic E-state index is 0.431. The van der Waals surface area contributed by atoms with Crippen LogP contribution in [0.2, 0.25) is 0 Å². The first-order chi connectivity index (χ1) is 10.2. The molecule has 2 heterocycles. The zero-order valence-corrected chi connectivity index (χ0v) is 14.5. The maximum absolute atomic E-state index is 5.21. The van der Waals surface area contributed by atoms with E-state index < -0.39 is 0 Å². The fourth-order valence-electron chi connectivity index (χ4n) is 1.69. The zero-order valence-electron chi connectivity index (χ0n) is 12.4. The van der Waals surface area contributed by atoms with Crippen molar-refractivity contribution in [3.63, 3.8) is 0 Å². The van der Waals surface area contributed by atoms with Crippen LogP contribution in [0.1, 0.15) is 24.6 Å². The van der Waals surface area contributed by atoms with Gasteiger partial charge in [-0.25, -0.2) is 19.9 Å². The number of hydrogen-bond donors (Lipinski definition) is 1. The molecule has 0 unspecified atom stereocenters. The van der Waals surface area contributed by atoms with Crippen molar-refractivity contribution in [3.8, 4) is 11.6 Å². The second kappa shape index (κ2) is 7.60. The minimum atomic E-state index is 0.431. The lowest BCUT2D eigenvalue weighted by Crippen LogP contribution is -2.10. The molecule has 0 aromatic carbocycles. The molecule has 112 valence electrons. The molecule has 0 saturated carbocycles. The number of methoxy groups -OCH3 is 1. The van der Waals surface area contributed by atoms with E-state index in [9.17, 15) is 0 Å². The third kappa shape index (κ3) is 4.07. The molecule has 21 heavy (non-hydrogen) atoms. The average molecular weight is 399 g/mol. The van der Waals surface area contributed by atoms with E-state index in [1.165, 1.54) is 0 Å². The predicted octanol–water partition coefficient (Wildman–Crippen LogP) is 2.81.